The van der Waals surface area contributed by atoms with Crippen molar-refractivity contribution in [2.75, 3.05) is 5.88 Å². The van der Waals surface area contributed by atoms with Gasteiger partial charge in [-0.1, -0.05) is 26.1 Å². The predicted molar refractivity (Wildman–Crippen MR) is 53.3 cm³/mol. The normalized spacial score (nSPS) is 15.2. The molecule has 0 radical (unpaired) electrons. The van der Waals surface area contributed by atoms with Crippen molar-refractivity contribution >= 4 is 19.6 Å². The van der Waals surface area contributed by atoms with Gasteiger partial charge in [-0.2, -0.15) is 0 Å². The lowest BCUT2D eigenvalue weighted by atomic mass is 9.69. The number of thioether (sulfide) groups is 1. The minimum Gasteiger partial charge on any atom is -0.322 e. The fourth-order valence-corrected chi connectivity index (χ4v) is 2.03. The van der Waals surface area contributed by atoms with Gasteiger partial charge >= 0.3 is 0 Å². The molecule has 0 aromatic carbocycles. The van der Waals surface area contributed by atoms with Gasteiger partial charge in [0.25, 0.3) is 0 Å². The van der Waals surface area contributed by atoms with Crippen molar-refractivity contribution in [1.82, 2.24) is 0 Å². The third-order valence-corrected chi connectivity index (χ3v) is 2.21. The van der Waals surface area contributed by atoms with Crippen LogP contribution in [-0.2, 0) is 0 Å². The van der Waals surface area contributed by atoms with E-state index < -0.39 is 0 Å². The van der Waals surface area contributed by atoms with Gasteiger partial charge in [0.2, 0.25) is 0 Å². The molecule has 0 spiro atoms. The van der Waals surface area contributed by atoms with Crippen molar-refractivity contribution < 1.29 is 0 Å². The maximum absolute atomic E-state index is 5.41. The van der Waals surface area contributed by atoms with E-state index in [0.29, 0.717) is 10.6 Å². The Balaban J connectivity index is 3.47. The molecule has 0 aliphatic carbocycles. The standard InChI is InChI=1S/C7H18BNS/c1-6(10-5-9)4-7(2,3)8/h6H,4-5,8-9H2,1-3H3. The molecule has 0 aliphatic heterocycles. The van der Waals surface area contributed by atoms with Crippen molar-refractivity contribution in [2.45, 2.75) is 37.8 Å². The quantitative estimate of drug-likeness (QED) is 0.493. The summed E-state index contributed by atoms with van der Waals surface area (Å²) >= 11 is 1.84. The van der Waals surface area contributed by atoms with Gasteiger partial charge in [-0.15, -0.1) is 11.8 Å². The molecular formula is C7H18BNS. The minimum atomic E-state index is 0.446. The van der Waals surface area contributed by atoms with Gasteiger partial charge in [0, 0.05) is 11.1 Å². The van der Waals surface area contributed by atoms with E-state index >= 15 is 0 Å². The van der Waals surface area contributed by atoms with Gasteiger partial charge in [0.15, 0.2) is 0 Å². The van der Waals surface area contributed by atoms with Gasteiger partial charge < -0.3 is 5.73 Å². The monoisotopic (exact) mass is 159 g/mol. The number of nitrogens with two attached hydrogens (primary N) is 1. The second-order valence-electron chi connectivity index (χ2n) is 3.91. The van der Waals surface area contributed by atoms with Crippen LogP contribution in [0.5, 0.6) is 0 Å². The fourth-order valence-electron chi connectivity index (χ4n) is 1.09. The van der Waals surface area contributed by atoms with E-state index in [9.17, 15) is 0 Å². The van der Waals surface area contributed by atoms with Crippen LogP contribution in [0.4, 0.5) is 0 Å². The average molecular weight is 159 g/mol. The van der Waals surface area contributed by atoms with Crippen LogP contribution in [0.25, 0.3) is 0 Å². The Morgan fingerprint density at radius 2 is 2.10 bits per heavy atom. The maximum Gasteiger partial charge on any atom is 0.108 e. The first-order chi connectivity index (χ1) is 4.45. The predicted octanol–water partition coefficient (Wildman–Crippen LogP) is 1.25. The minimum absolute atomic E-state index is 0.446. The second kappa shape index (κ2) is 4.29. The Morgan fingerprint density at radius 1 is 1.60 bits per heavy atom. The van der Waals surface area contributed by atoms with Crippen LogP contribution in [0, 0.1) is 0 Å². The summed E-state index contributed by atoms with van der Waals surface area (Å²) in [6.45, 7) is 6.77. The van der Waals surface area contributed by atoms with Crippen LogP contribution in [-0.4, -0.2) is 19.0 Å². The number of hydrogen-bond donors (Lipinski definition) is 1. The Kier molecular flexibility index (Phi) is 4.45. The first-order valence-electron chi connectivity index (χ1n) is 3.77. The lowest BCUT2D eigenvalue weighted by Crippen LogP contribution is -2.11. The van der Waals surface area contributed by atoms with E-state index in [1.807, 2.05) is 11.8 Å². The van der Waals surface area contributed by atoms with Gasteiger partial charge in [0.05, 0.1) is 0 Å². The third-order valence-electron chi connectivity index (χ3n) is 1.28. The van der Waals surface area contributed by atoms with E-state index in [4.69, 9.17) is 5.73 Å². The zero-order valence-corrected chi connectivity index (χ0v) is 8.29. The van der Waals surface area contributed by atoms with E-state index in [1.165, 1.54) is 6.42 Å². The molecule has 0 heterocycles. The maximum atomic E-state index is 5.41. The highest BCUT2D eigenvalue weighted by molar-refractivity contribution is 7.99. The van der Waals surface area contributed by atoms with E-state index in [-0.39, 0.29) is 0 Å². The van der Waals surface area contributed by atoms with Crippen molar-refractivity contribution in [3.05, 3.63) is 0 Å². The summed E-state index contributed by atoms with van der Waals surface area (Å²) in [6.07, 6.45) is 1.24. The Labute approximate surface area is 69.5 Å². The number of rotatable bonds is 4. The van der Waals surface area contributed by atoms with Crippen LogP contribution in [0.1, 0.15) is 27.2 Å². The van der Waals surface area contributed by atoms with Crippen LogP contribution in [0.3, 0.4) is 0 Å². The molecule has 0 bridgehead atoms. The van der Waals surface area contributed by atoms with Crippen LogP contribution in [0.2, 0.25) is 5.31 Å². The zero-order chi connectivity index (χ0) is 8.20. The molecule has 0 aromatic heterocycles. The van der Waals surface area contributed by atoms with E-state index in [1.54, 1.807) is 0 Å². The van der Waals surface area contributed by atoms with Crippen molar-refractivity contribution in [1.29, 1.82) is 0 Å². The molecule has 1 unspecified atom stereocenters. The van der Waals surface area contributed by atoms with E-state index in [2.05, 4.69) is 28.6 Å². The third kappa shape index (κ3) is 6.49. The average Bonchev–Trinajstić information content (AvgIpc) is 1.59. The van der Waals surface area contributed by atoms with Crippen LogP contribution >= 0.6 is 11.8 Å². The Hall–Kier alpha value is 0.375. The molecule has 10 heavy (non-hydrogen) atoms. The summed E-state index contributed by atoms with van der Waals surface area (Å²) in [5.74, 6) is 0.747. The molecule has 60 valence electrons. The SMILES string of the molecule is BC(C)(C)CC(C)SCN. The molecule has 0 amide bonds. The smallest absolute Gasteiger partial charge is 0.108 e. The summed E-state index contributed by atoms with van der Waals surface area (Å²) in [7, 11) is 2.26. The van der Waals surface area contributed by atoms with Crippen molar-refractivity contribution in [3.63, 3.8) is 0 Å². The second-order valence-corrected chi connectivity index (χ2v) is 5.38. The van der Waals surface area contributed by atoms with Crippen LogP contribution < -0.4 is 5.73 Å². The zero-order valence-electron chi connectivity index (χ0n) is 7.48. The Bertz CT molecular complexity index is 90.1. The topological polar surface area (TPSA) is 26.0 Å². The van der Waals surface area contributed by atoms with Crippen molar-refractivity contribution in [3.8, 4) is 0 Å². The summed E-state index contributed by atoms with van der Waals surface area (Å²) in [5.41, 5.74) is 5.41. The molecular weight excluding hydrogens is 141 g/mol. The number of hydrogen-bond acceptors (Lipinski definition) is 2. The van der Waals surface area contributed by atoms with E-state index in [0.717, 1.165) is 5.88 Å². The molecule has 3 heteroatoms. The molecule has 0 aliphatic rings. The summed E-state index contributed by atoms with van der Waals surface area (Å²) in [5, 5.41) is 1.15. The van der Waals surface area contributed by atoms with Crippen LogP contribution in [0.15, 0.2) is 0 Å². The highest BCUT2D eigenvalue weighted by Crippen LogP contribution is 2.29. The van der Waals surface area contributed by atoms with Gasteiger partial charge in [0.1, 0.15) is 7.85 Å². The van der Waals surface area contributed by atoms with Gasteiger partial charge in [-0.3, -0.25) is 0 Å². The highest BCUT2D eigenvalue weighted by atomic mass is 32.2. The molecule has 1 nitrogen and oxygen atoms in total. The molecule has 0 fully saturated rings. The molecule has 0 saturated heterocycles. The summed E-state index contributed by atoms with van der Waals surface area (Å²) < 4.78 is 0. The Morgan fingerprint density at radius 3 is 2.40 bits per heavy atom. The molecule has 0 rings (SSSR count). The molecule has 0 aromatic rings. The molecule has 1 atom stereocenters. The highest BCUT2D eigenvalue weighted by Gasteiger charge is 2.14. The first kappa shape index (κ1) is 10.4. The molecule has 0 saturated carbocycles. The fraction of sp³-hybridized carbons (Fsp3) is 1.00. The summed E-state index contributed by atoms with van der Waals surface area (Å²) in [4.78, 5) is 0. The van der Waals surface area contributed by atoms with Gasteiger partial charge in [-0.05, 0) is 6.42 Å². The summed E-state index contributed by atoms with van der Waals surface area (Å²) in [6, 6.07) is 0. The van der Waals surface area contributed by atoms with Crippen molar-refractivity contribution in [2.24, 2.45) is 5.73 Å². The van der Waals surface area contributed by atoms with Gasteiger partial charge in [-0.25, -0.2) is 0 Å². The lowest BCUT2D eigenvalue weighted by molar-refractivity contribution is 0.610. The molecule has 2 N–H and O–H groups in total. The first-order valence-corrected chi connectivity index (χ1v) is 4.82. The largest absolute Gasteiger partial charge is 0.322 e. The lowest BCUT2D eigenvalue weighted by Gasteiger charge is -2.22.